The Hall–Kier alpha value is -1.49. The smallest absolute Gasteiger partial charge is 0.273 e. The summed E-state index contributed by atoms with van der Waals surface area (Å²) in [6.07, 6.45) is 0. The predicted molar refractivity (Wildman–Crippen MR) is 88.2 cm³/mol. The molecule has 0 N–H and O–H groups in total. The maximum atomic E-state index is 12.3. The summed E-state index contributed by atoms with van der Waals surface area (Å²) in [5, 5.41) is 1.12. The minimum atomic E-state index is -0.313. The molecule has 0 atom stereocenters. The fourth-order valence-corrected chi connectivity index (χ4v) is 2.14. The van der Waals surface area contributed by atoms with Gasteiger partial charge in [0.15, 0.2) is 0 Å². The van der Waals surface area contributed by atoms with E-state index in [4.69, 9.17) is 39.5 Å². The van der Waals surface area contributed by atoms with E-state index in [0.717, 1.165) is 0 Å². The summed E-state index contributed by atoms with van der Waals surface area (Å²) in [6, 6.07) is 10.1. The molecule has 0 saturated heterocycles. The van der Waals surface area contributed by atoms with E-state index < -0.39 is 0 Å². The van der Waals surface area contributed by atoms with Gasteiger partial charge in [-0.1, -0.05) is 34.8 Å². The molecule has 116 valence electrons. The van der Waals surface area contributed by atoms with E-state index in [-0.39, 0.29) is 21.8 Å². The van der Waals surface area contributed by atoms with E-state index in [0.29, 0.717) is 23.9 Å². The van der Waals surface area contributed by atoms with Crippen molar-refractivity contribution in [2.75, 3.05) is 20.2 Å². The van der Waals surface area contributed by atoms with Gasteiger partial charge in [-0.25, -0.2) is 4.98 Å². The molecule has 1 aromatic heterocycles. The Balaban J connectivity index is 1.91. The molecule has 2 aromatic rings. The topological polar surface area (TPSA) is 42.4 Å². The molecule has 2 rings (SSSR count). The molecule has 0 radical (unpaired) electrons. The molecule has 0 unspecified atom stereocenters. The number of halogens is 3. The number of carbonyl (C=O) groups is 1. The van der Waals surface area contributed by atoms with Gasteiger partial charge in [0.05, 0.1) is 11.6 Å². The highest BCUT2D eigenvalue weighted by molar-refractivity contribution is 6.34. The van der Waals surface area contributed by atoms with E-state index in [2.05, 4.69) is 4.98 Å². The number of benzene rings is 1. The third kappa shape index (κ3) is 4.50. The second-order valence-corrected chi connectivity index (χ2v) is 5.72. The minimum absolute atomic E-state index is 0.128. The fourth-order valence-electron chi connectivity index (χ4n) is 1.68. The Morgan fingerprint density at radius 2 is 1.82 bits per heavy atom. The number of amides is 1. The van der Waals surface area contributed by atoms with Crippen LogP contribution in [-0.4, -0.2) is 36.0 Å². The monoisotopic (exact) mass is 358 g/mol. The van der Waals surface area contributed by atoms with Crippen molar-refractivity contribution in [3.05, 3.63) is 57.3 Å². The highest BCUT2D eigenvalue weighted by Gasteiger charge is 2.17. The summed E-state index contributed by atoms with van der Waals surface area (Å²) in [5.74, 6) is 0.372. The second-order valence-electron chi connectivity index (χ2n) is 4.49. The molecule has 1 aromatic carbocycles. The average Bonchev–Trinajstić information content (AvgIpc) is 2.51. The van der Waals surface area contributed by atoms with Crippen molar-refractivity contribution in [2.45, 2.75) is 0 Å². The number of aromatic nitrogens is 1. The number of pyridine rings is 1. The molecule has 4 nitrogen and oxygen atoms in total. The maximum Gasteiger partial charge on any atom is 0.273 e. The first-order valence-electron chi connectivity index (χ1n) is 6.43. The molecule has 1 amide bonds. The fraction of sp³-hybridized carbons (Fsp3) is 0.200. The number of nitrogens with zero attached hydrogens (tertiary/aromatic N) is 2. The zero-order valence-electron chi connectivity index (χ0n) is 11.7. The highest BCUT2D eigenvalue weighted by atomic mass is 35.5. The number of hydrogen-bond donors (Lipinski definition) is 0. The van der Waals surface area contributed by atoms with Gasteiger partial charge >= 0.3 is 0 Å². The van der Waals surface area contributed by atoms with Crippen molar-refractivity contribution < 1.29 is 9.53 Å². The first-order chi connectivity index (χ1) is 10.5. The zero-order chi connectivity index (χ0) is 16.1. The van der Waals surface area contributed by atoms with Crippen molar-refractivity contribution >= 4 is 40.7 Å². The first kappa shape index (κ1) is 16.9. The third-order valence-electron chi connectivity index (χ3n) is 2.87. The van der Waals surface area contributed by atoms with Gasteiger partial charge in [0, 0.05) is 12.1 Å². The van der Waals surface area contributed by atoms with Crippen LogP contribution in [0.15, 0.2) is 36.4 Å². The van der Waals surface area contributed by atoms with Crippen molar-refractivity contribution in [1.29, 1.82) is 0 Å². The van der Waals surface area contributed by atoms with Gasteiger partial charge < -0.3 is 9.64 Å². The predicted octanol–water partition coefficient (Wildman–Crippen LogP) is 4.19. The van der Waals surface area contributed by atoms with E-state index >= 15 is 0 Å². The van der Waals surface area contributed by atoms with Crippen LogP contribution in [0.2, 0.25) is 15.2 Å². The quantitative estimate of drug-likeness (QED) is 0.752. The molecule has 22 heavy (non-hydrogen) atoms. The van der Waals surface area contributed by atoms with Gasteiger partial charge in [0.2, 0.25) is 0 Å². The van der Waals surface area contributed by atoms with Crippen LogP contribution in [0.3, 0.4) is 0 Å². The van der Waals surface area contributed by atoms with E-state index in [1.807, 2.05) is 0 Å². The summed E-state index contributed by atoms with van der Waals surface area (Å²) in [5.41, 5.74) is 0.128. The Bertz CT molecular complexity index is 662. The van der Waals surface area contributed by atoms with Crippen molar-refractivity contribution in [3.63, 3.8) is 0 Å². The van der Waals surface area contributed by atoms with Crippen LogP contribution in [0.25, 0.3) is 0 Å². The van der Waals surface area contributed by atoms with Crippen LogP contribution in [-0.2, 0) is 0 Å². The number of carbonyl (C=O) groups excluding carboxylic acids is 1. The number of ether oxygens (including phenoxy) is 1. The summed E-state index contributed by atoms with van der Waals surface area (Å²) in [6.45, 7) is 0.716. The molecule has 0 bridgehead atoms. The van der Waals surface area contributed by atoms with Gasteiger partial charge in [-0.15, -0.1) is 0 Å². The Morgan fingerprint density at radius 3 is 2.50 bits per heavy atom. The average molecular weight is 360 g/mol. The van der Waals surface area contributed by atoms with Crippen LogP contribution in [0, 0.1) is 0 Å². The minimum Gasteiger partial charge on any atom is -0.492 e. The second kappa shape index (κ2) is 7.68. The number of rotatable bonds is 5. The highest BCUT2D eigenvalue weighted by Crippen LogP contribution is 2.18. The van der Waals surface area contributed by atoms with Crippen LogP contribution >= 0.6 is 34.8 Å². The van der Waals surface area contributed by atoms with Gasteiger partial charge in [-0.05, 0) is 36.4 Å². The van der Waals surface area contributed by atoms with E-state index in [1.54, 1.807) is 37.4 Å². The molecule has 7 heteroatoms. The lowest BCUT2D eigenvalue weighted by atomic mass is 10.3. The lowest BCUT2D eigenvalue weighted by Crippen LogP contribution is -2.31. The Labute approximate surface area is 143 Å². The summed E-state index contributed by atoms with van der Waals surface area (Å²) in [4.78, 5) is 17.7. The molecular weight excluding hydrogens is 347 g/mol. The number of likely N-dealkylation sites (N-methyl/N-ethyl adjacent to an activating group) is 1. The standard InChI is InChI=1S/C15H13Cl3N2O2/c1-20(8-9-22-11-4-2-10(16)3-5-11)15(21)14-12(17)6-7-13(18)19-14/h2-7H,8-9H2,1H3. The van der Waals surface area contributed by atoms with Gasteiger partial charge in [0.25, 0.3) is 5.91 Å². The normalized spacial score (nSPS) is 10.4. The molecular formula is C15H13Cl3N2O2. The van der Waals surface area contributed by atoms with Crippen LogP contribution in [0.5, 0.6) is 5.75 Å². The SMILES string of the molecule is CN(CCOc1ccc(Cl)cc1)C(=O)c1nc(Cl)ccc1Cl. The summed E-state index contributed by atoms with van der Waals surface area (Å²) >= 11 is 17.5. The van der Waals surface area contributed by atoms with Crippen molar-refractivity contribution in [3.8, 4) is 5.75 Å². The first-order valence-corrected chi connectivity index (χ1v) is 7.56. The lowest BCUT2D eigenvalue weighted by Gasteiger charge is -2.17. The molecule has 0 aliphatic carbocycles. The molecule has 1 heterocycles. The van der Waals surface area contributed by atoms with Crippen LogP contribution < -0.4 is 4.74 Å². The Kier molecular flexibility index (Phi) is 5.89. The van der Waals surface area contributed by atoms with Crippen molar-refractivity contribution in [1.82, 2.24) is 9.88 Å². The largest absolute Gasteiger partial charge is 0.492 e. The maximum absolute atomic E-state index is 12.3. The number of hydrogen-bond acceptors (Lipinski definition) is 3. The van der Waals surface area contributed by atoms with E-state index in [1.165, 1.54) is 11.0 Å². The zero-order valence-corrected chi connectivity index (χ0v) is 14.0. The molecule has 0 aliphatic heterocycles. The lowest BCUT2D eigenvalue weighted by molar-refractivity contribution is 0.0768. The summed E-state index contributed by atoms with van der Waals surface area (Å²) < 4.78 is 5.54. The van der Waals surface area contributed by atoms with E-state index in [9.17, 15) is 4.79 Å². The summed E-state index contributed by atoms with van der Waals surface area (Å²) in [7, 11) is 1.65. The molecule has 0 aliphatic rings. The van der Waals surface area contributed by atoms with Gasteiger partial charge in [0.1, 0.15) is 23.2 Å². The molecule has 0 spiro atoms. The molecule has 0 fully saturated rings. The van der Waals surface area contributed by atoms with Gasteiger partial charge in [-0.2, -0.15) is 0 Å². The van der Waals surface area contributed by atoms with Crippen molar-refractivity contribution in [2.24, 2.45) is 0 Å². The van der Waals surface area contributed by atoms with Gasteiger partial charge in [-0.3, -0.25) is 4.79 Å². The van der Waals surface area contributed by atoms with Crippen LogP contribution in [0.4, 0.5) is 0 Å². The third-order valence-corrected chi connectivity index (χ3v) is 3.64. The molecule has 0 saturated carbocycles. The van der Waals surface area contributed by atoms with Crippen LogP contribution in [0.1, 0.15) is 10.5 Å². The Morgan fingerprint density at radius 1 is 1.14 bits per heavy atom.